The van der Waals surface area contributed by atoms with E-state index < -0.39 is 30.4 Å². The van der Waals surface area contributed by atoms with Crippen molar-refractivity contribution in [1.82, 2.24) is 0 Å². The fourth-order valence-corrected chi connectivity index (χ4v) is 10.1. The van der Waals surface area contributed by atoms with Crippen molar-refractivity contribution in [2.75, 3.05) is 37.7 Å². The number of hydrogen-bond donors (Lipinski definition) is 0. The number of nitrogens with zero attached hydrogens (tertiary/aromatic N) is 2. The van der Waals surface area contributed by atoms with Gasteiger partial charge in [0.1, 0.15) is 23.6 Å². The van der Waals surface area contributed by atoms with E-state index in [2.05, 4.69) is 13.8 Å². The van der Waals surface area contributed by atoms with E-state index in [1.165, 1.54) is 0 Å². The molecule has 2 aliphatic heterocycles. The van der Waals surface area contributed by atoms with E-state index in [1.807, 2.05) is 27.7 Å². The molecule has 2 aliphatic rings. The molecule has 2 heterocycles. The van der Waals surface area contributed by atoms with Gasteiger partial charge in [-0.15, -0.1) is 0 Å². The van der Waals surface area contributed by atoms with E-state index in [0.29, 0.717) is 45.5 Å². The lowest BCUT2D eigenvalue weighted by Crippen LogP contribution is -2.57. The highest BCUT2D eigenvalue weighted by Crippen LogP contribution is 2.29. The molecule has 0 aromatic heterocycles. The molecule has 2 rings (SSSR count). The quantitative estimate of drug-likeness (QED) is 0.301. The zero-order valence-corrected chi connectivity index (χ0v) is 23.5. The molecule has 0 bridgehead atoms. The summed E-state index contributed by atoms with van der Waals surface area (Å²) in [6.07, 6.45) is 5.88. The smallest absolute Gasteiger partial charge is 0.297 e. The molecular weight excluding hydrogens is 492 g/mol. The van der Waals surface area contributed by atoms with Crippen LogP contribution in [0.5, 0.6) is 0 Å². The molecular formula is C20H44N2O8S3. The summed E-state index contributed by atoms with van der Waals surface area (Å²) < 4.78 is 83.4. The first kappa shape index (κ1) is 32.7. The van der Waals surface area contributed by atoms with E-state index in [9.17, 15) is 16.8 Å². The molecule has 2 saturated heterocycles. The van der Waals surface area contributed by atoms with Gasteiger partial charge in [0, 0.05) is 23.2 Å². The van der Waals surface area contributed by atoms with E-state index in [4.69, 9.17) is 17.5 Å². The minimum absolute atomic E-state index is 0.262. The zero-order chi connectivity index (χ0) is 26.1. The van der Waals surface area contributed by atoms with Crippen LogP contribution in [0.25, 0.3) is 0 Å². The van der Waals surface area contributed by atoms with Crippen molar-refractivity contribution in [1.29, 1.82) is 0 Å². The predicted molar refractivity (Wildman–Crippen MR) is 127 cm³/mol. The molecule has 0 aromatic rings. The molecule has 2 unspecified atom stereocenters. The molecule has 0 aliphatic carbocycles. The number of rotatable bonds is 4. The third kappa shape index (κ3) is 8.39. The normalized spacial score (nSPS) is 28.0. The maximum absolute atomic E-state index is 12.2. The lowest BCUT2D eigenvalue weighted by Gasteiger charge is -2.38. The van der Waals surface area contributed by atoms with Crippen LogP contribution in [-0.2, 0) is 30.4 Å². The second-order valence-electron chi connectivity index (χ2n) is 8.84. The van der Waals surface area contributed by atoms with Crippen LogP contribution in [0.3, 0.4) is 0 Å². The Morgan fingerprint density at radius 2 is 0.909 bits per heavy atom. The van der Waals surface area contributed by atoms with E-state index in [-0.39, 0.29) is 12.1 Å². The molecule has 0 amide bonds. The Kier molecular flexibility index (Phi) is 13.0. The topological polar surface area (TPSA) is 149 Å². The number of quaternary nitrogens is 2. The zero-order valence-electron chi connectivity index (χ0n) is 21.0. The maximum Gasteiger partial charge on any atom is 0.297 e. The third-order valence-electron chi connectivity index (χ3n) is 7.40. The number of sulfonamides is 2. The Labute approximate surface area is 202 Å². The van der Waals surface area contributed by atoms with Crippen molar-refractivity contribution in [3.05, 3.63) is 0 Å². The molecule has 10 nitrogen and oxygen atoms in total. The summed E-state index contributed by atoms with van der Waals surface area (Å²) >= 11 is 0. The summed E-state index contributed by atoms with van der Waals surface area (Å²) in [5, 5.41) is 0. The second kappa shape index (κ2) is 13.1. The van der Waals surface area contributed by atoms with Crippen LogP contribution in [0.1, 0.15) is 80.1 Å². The van der Waals surface area contributed by atoms with Crippen molar-refractivity contribution < 1.29 is 42.1 Å². The molecule has 200 valence electrons. The third-order valence-corrected chi connectivity index (χ3v) is 13.0. The molecule has 0 N–H and O–H groups in total. The fourth-order valence-electron chi connectivity index (χ4n) is 5.31. The minimum atomic E-state index is -5.17. The van der Waals surface area contributed by atoms with Gasteiger partial charge in [-0.2, -0.15) is 16.8 Å². The van der Waals surface area contributed by atoms with Gasteiger partial charge in [-0.25, -0.2) is 7.78 Å². The molecule has 0 saturated carbocycles. The molecule has 13 heteroatoms. The largest absolute Gasteiger partial charge is 0.759 e. The van der Waals surface area contributed by atoms with Crippen LogP contribution in [0.4, 0.5) is 0 Å². The summed E-state index contributed by atoms with van der Waals surface area (Å²) in [5.74, 6) is 0.748. The molecule has 2 fully saturated rings. The summed E-state index contributed by atoms with van der Waals surface area (Å²) in [4.78, 5) is 0. The average Bonchev–Trinajstić information content (AvgIpc) is 2.88. The van der Waals surface area contributed by atoms with Gasteiger partial charge in [0.2, 0.25) is 0 Å². The number of hydrogen-bond acceptors (Lipinski definition) is 8. The Balaban J connectivity index is 0.000000517. The molecule has 0 spiro atoms. The van der Waals surface area contributed by atoms with Gasteiger partial charge in [0.05, 0.1) is 26.2 Å². The van der Waals surface area contributed by atoms with E-state index in [0.717, 1.165) is 38.5 Å². The molecule has 0 radical (unpaired) electrons. The molecule has 33 heavy (non-hydrogen) atoms. The van der Waals surface area contributed by atoms with Crippen LogP contribution >= 0.6 is 0 Å². The van der Waals surface area contributed by atoms with E-state index >= 15 is 0 Å². The van der Waals surface area contributed by atoms with Gasteiger partial charge in [0.15, 0.2) is 0 Å². The van der Waals surface area contributed by atoms with Crippen LogP contribution in [-0.4, -0.2) is 91.9 Å². The Hall–Kier alpha value is -0.310. The Bertz CT molecular complexity index is 826. The first-order valence-corrected chi connectivity index (χ1v) is 16.4. The van der Waals surface area contributed by atoms with Crippen molar-refractivity contribution in [3.63, 3.8) is 0 Å². The van der Waals surface area contributed by atoms with Crippen LogP contribution in [0, 0.1) is 0 Å². The standard InChI is InChI=1S/2C10H22NO2S.H2O4S/c2*1-4-11(5-2)10(3)8-6-7-9-14(11,12)13;1-5(2,3)4/h2*10H,4-9H2,1-3H3;(H2,1,2,3,4)/q2*+1;/p-2. The van der Waals surface area contributed by atoms with Crippen molar-refractivity contribution in [2.45, 2.75) is 92.2 Å². The first-order valence-electron chi connectivity index (χ1n) is 11.9. The van der Waals surface area contributed by atoms with Crippen LogP contribution < -0.4 is 0 Å². The van der Waals surface area contributed by atoms with Crippen molar-refractivity contribution in [3.8, 4) is 0 Å². The first-order chi connectivity index (χ1) is 15.0. The van der Waals surface area contributed by atoms with Crippen molar-refractivity contribution in [2.24, 2.45) is 0 Å². The summed E-state index contributed by atoms with van der Waals surface area (Å²) in [6.45, 7) is 14.9. The Morgan fingerprint density at radius 3 is 1.12 bits per heavy atom. The average molecular weight is 537 g/mol. The fraction of sp³-hybridized carbons (Fsp3) is 1.00. The highest BCUT2D eigenvalue weighted by atomic mass is 32.3. The minimum Gasteiger partial charge on any atom is -0.759 e. The lowest BCUT2D eigenvalue weighted by molar-refractivity contribution is -0.827. The monoisotopic (exact) mass is 536 g/mol. The van der Waals surface area contributed by atoms with Gasteiger partial charge >= 0.3 is 0 Å². The Morgan fingerprint density at radius 1 is 0.667 bits per heavy atom. The molecule has 2 atom stereocenters. The summed E-state index contributed by atoms with van der Waals surface area (Å²) in [7, 11) is -11.0. The van der Waals surface area contributed by atoms with Gasteiger partial charge in [-0.1, -0.05) is 0 Å². The predicted octanol–water partition coefficient (Wildman–Crippen LogP) is 2.15. The molecule has 0 aromatic carbocycles. The van der Waals surface area contributed by atoms with Crippen molar-refractivity contribution >= 4 is 30.4 Å². The summed E-state index contributed by atoms with van der Waals surface area (Å²) in [6, 6.07) is 0.523. The van der Waals surface area contributed by atoms with Gasteiger partial charge in [0.25, 0.3) is 20.0 Å². The second-order valence-corrected chi connectivity index (χ2v) is 14.3. The van der Waals surface area contributed by atoms with Crippen LogP contribution in [0.15, 0.2) is 0 Å². The highest BCUT2D eigenvalue weighted by molar-refractivity contribution is 7.86. The summed E-state index contributed by atoms with van der Waals surface area (Å²) in [5.41, 5.74) is 0. The highest BCUT2D eigenvalue weighted by Gasteiger charge is 2.45. The lowest BCUT2D eigenvalue weighted by atomic mass is 10.1. The SMILES string of the molecule is CC[N+]1(CC)C(C)CCCCS1(=O)=O.CC[N+]1(CC)C(C)CCCCS1(=O)=O.O=S(=O)([O-])[O-]. The maximum atomic E-state index is 12.2. The van der Waals surface area contributed by atoms with Gasteiger partial charge in [-0.05, 0) is 67.2 Å². The van der Waals surface area contributed by atoms with Gasteiger partial charge in [-0.3, -0.25) is 8.42 Å². The van der Waals surface area contributed by atoms with Crippen LogP contribution in [0.2, 0.25) is 0 Å². The van der Waals surface area contributed by atoms with E-state index in [1.54, 1.807) is 0 Å². The van der Waals surface area contributed by atoms with Gasteiger partial charge < -0.3 is 9.11 Å².